The molecule has 10 heteroatoms. The van der Waals surface area contributed by atoms with Crippen molar-refractivity contribution in [2.24, 2.45) is 5.73 Å². The lowest BCUT2D eigenvalue weighted by Gasteiger charge is -2.33. The molecule has 2 amide bonds. The van der Waals surface area contributed by atoms with Gasteiger partial charge in [0.1, 0.15) is 11.6 Å². The maximum absolute atomic E-state index is 12.8. The first-order valence-electron chi connectivity index (χ1n) is 8.52. The predicted octanol–water partition coefficient (Wildman–Crippen LogP) is 1.83. The van der Waals surface area contributed by atoms with Crippen LogP contribution in [0.4, 0.5) is 5.69 Å². The van der Waals surface area contributed by atoms with Crippen molar-refractivity contribution >= 4 is 40.6 Å². The van der Waals surface area contributed by atoms with Gasteiger partial charge in [0.2, 0.25) is 11.1 Å². The fraction of sp³-hybridized carbons (Fsp3) is 0.222. The van der Waals surface area contributed by atoms with Crippen molar-refractivity contribution in [3.8, 4) is 5.75 Å². The average molecular weight is 416 g/mol. The Bertz CT molecular complexity index is 989. The summed E-state index contributed by atoms with van der Waals surface area (Å²) in [7, 11) is 0. The number of thiophene rings is 1. The number of carbonyl (C=O) groups is 2. The molecule has 0 fully saturated rings. The summed E-state index contributed by atoms with van der Waals surface area (Å²) in [5.41, 5.74) is 6.00. The first-order valence-corrected chi connectivity index (χ1v) is 10.4. The van der Waals surface area contributed by atoms with Crippen LogP contribution in [-0.2, 0) is 16.0 Å². The number of benzene rings is 1. The second-order valence-corrected chi connectivity index (χ2v) is 8.07. The zero-order chi connectivity index (χ0) is 19.5. The van der Waals surface area contributed by atoms with Gasteiger partial charge in [0.05, 0.1) is 18.0 Å². The first-order chi connectivity index (χ1) is 13.6. The summed E-state index contributed by atoms with van der Waals surface area (Å²) in [6.45, 7) is 0.0867. The molecule has 3 heterocycles. The van der Waals surface area contributed by atoms with Gasteiger partial charge in [0, 0.05) is 11.3 Å². The molecular formula is C18H17N5O3S2. The van der Waals surface area contributed by atoms with Crippen LogP contribution in [0, 0.1) is 0 Å². The summed E-state index contributed by atoms with van der Waals surface area (Å²) in [5, 5.41) is 9.59. The highest BCUT2D eigenvalue weighted by molar-refractivity contribution is 7.99. The average Bonchev–Trinajstić information content (AvgIpc) is 3.37. The lowest BCUT2D eigenvalue weighted by Crippen LogP contribution is -2.49. The van der Waals surface area contributed by atoms with Gasteiger partial charge in [-0.3, -0.25) is 14.7 Å². The van der Waals surface area contributed by atoms with Crippen LogP contribution in [0.15, 0.2) is 46.9 Å². The van der Waals surface area contributed by atoms with E-state index in [1.165, 1.54) is 21.5 Å². The molecule has 0 saturated carbocycles. The molecular weight excluding hydrogens is 398 g/mol. The number of nitrogens with zero attached hydrogens (tertiary/aromatic N) is 3. The summed E-state index contributed by atoms with van der Waals surface area (Å²) in [6.07, 6.45) is -0.194. The fourth-order valence-electron chi connectivity index (χ4n) is 2.82. The number of nitrogens with two attached hydrogens (primary N) is 1. The van der Waals surface area contributed by atoms with E-state index in [-0.39, 0.29) is 18.2 Å². The Balaban J connectivity index is 1.42. The van der Waals surface area contributed by atoms with Gasteiger partial charge in [-0.2, -0.15) is 0 Å². The quantitative estimate of drug-likeness (QED) is 0.594. The molecule has 0 saturated heterocycles. The number of carbonyl (C=O) groups excluding carboxylic acids is 2. The predicted molar refractivity (Wildman–Crippen MR) is 107 cm³/mol. The largest absolute Gasteiger partial charge is 0.477 e. The highest BCUT2D eigenvalue weighted by Crippen LogP contribution is 2.33. The maximum atomic E-state index is 12.8. The lowest BCUT2D eigenvalue weighted by molar-refractivity contribution is -0.125. The van der Waals surface area contributed by atoms with Gasteiger partial charge in [0.15, 0.2) is 6.10 Å². The Morgan fingerprint density at radius 3 is 2.96 bits per heavy atom. The second-order valence-electron chi connectivity index (χ2n) is 6.09. The molecule has 4 rings (SSSR count). The molecule has 28 heavy (non-hydrogen) atoms. The molecule has 0 bridgehead atoms. The third-order valence-corrected chi connectivity index (χ3v) is 5.86. The summed E-state index contributed by atoms with van der Waals surface area (Å²) in [4.78, 5) is 31.5. The Morgan fingerprint density at radius 1 is 1.32 bits per heavy atom. The molecule has 3 N–H and O–H groups in total. The van der Waals surface area contributed by atoms with Gasteiger partial charge in [-0.05, 0) is 23.6 Å². The Labute approximate surface area is 169 Å². The smallest absolute Gasteiger partial charge is 0.260 e. The van der Waals surface area contributed by atoms with Crippen molar-refractivity contribution in [2.45, 2.75) is 17.7 Å². The van der Waals surface area contributed by atoms with Crippen LogP contribution < -0.4 is 15.4 Å². The van der Waals surface area contributed by atoms with Gasteiger partial charge in [-0.15, -0.1) is 16.4 Å². The Hall–Kier alpha value is -2.85. The molecule has 0 radical (unpaired) electrons. The molecule has 0 aliphatic carbocycles. The molecule has 1 unspecified atom stereocenters. The van der Waals surface area contributed by atoms with Crippen LogP contribution in [0.5, 0.6) is 5.75 Å². The summed E-state index contributed by atoms with van der Waals surface area (Å²) < 4.78 is 5.59. The molecule has 1 aliphatic heterocycles. The number of aromatic nitrogens is 3. The zero-order valence-corrected chi connectivity index (χ0v) is 16.3. The number of thioether (sulfide) groups is 1. The zero-order valence-electron chi connectivity index (χ0n) is 14.7. The van der Waals surface area contributed by atoms with E-state index in [0.717, 1.165) is 5.82 Å². The van der Waals surface area contributed by atoms with Gasteiger partial charge in [-0.1, -0.05) is 30.0 Å². The van der Waals surface area contributed by atoms with E-state index in [4.69, 9.17) is 10.5 Å². The SMILES string of the molecule is NC(=O)C1CN(C(=O)CSc2n[nH]c(Cc3cccs3)n2)c2ccccc2O1. The number of para-hydroxylation sites is 2. The number of hydrogen-bond acceptors (Lipinski definition) is 7. The number of nitrogens with one attached hydrogen (secondary N) is 1. The molecule has 1 atom stereocenters. The molecule has 2 aromatic heterocycles. The monoisotopic (exact) mass is 415 g/mol. The first kappa shape index (κ1) is 18.5. The van der Waals surface area contributed by atoms with E-state index in [1.54, 1.807) is 29.5 Å². The minimum absolute atomic E-state index is 0.0867. The van der Waals surface area contributed by atoms with Crippen LogP contribution in [0.1, 0.15) is 10.7 Å². The van der Waals surface area contributed by atoms with Crippen molar-refractivity contribution in [1.29, 1.82) is 0 Å². The standard InChI is InChI=1S/C18H17N5O3S2/c19-17(25)14-9-23(12-5-1-2-6-13(12)26-14)16(24)10-28-18-20-15(21-22-18)8-11-4-3-7-27-11/h1-7,14H,8-10H2,(H2,19,25)(H,20,21,22). The summed E-state index contributed by atoms with van der Waals surface area (Å²) in [5.74, 6) is 0.578. The maximum Gasteiger partial charge on any atom is 0.260 e. The number of amides is 2. The van der Waals surface area contributed by atoms with Crippen LogP contribution in [0.25, 0.3) is 0 Å². The van der Waals surface area contributed by atoms with Crippen molar-refractivity contribution < 1.29 is 14.3 Å². The fourth-order valence-corrected chi connectivity index (χ4v) is 4.23. The topological polar surface area (TPSA) is 114 Å². The number of primary amides is 1. The molecule has 3 aromatic rings. The van der Waals surface area contributed by atoms with Crippen LogP contribution in [0.2, 0.25) is 0 Å². The van der Waals surface area contributed by atoms with E-state index in [1.807, 2.05) is 23.6 Å². The van der Waals surface area contributed by atoms with E-state index < -0.39 is 12.0 Å². The van der Waals surface area contributed by atoms with Gasteiger partial charge in [0.25, 0.3) is 5.91 Å². The van der Waals surface area contributed by atoms with Gasteiger partial charge >= 0.3 is 0 Å². The molecule has 0 spiro atoms. The number of rotatable bonds is 6. The number of fused-ring (bicyclic) bond motifs is 1. The van der Waals surface area contributed by atoms with Crippen molar-refractivity contribution in [2.75, 3.05) is 17.2 Å². The number of H-pyrrole nitrogens is 1. The van der Waals surface area contributed by atoms with Crippen LogP contribution in [-0.4, -0.2) is 45.4 Å². The summed E-state index contributed by atoms with van der Waals surface area (Å²) in [6, 6.07) is 11.1. The third kappa shape index (κ3) is 4.02. The van der Waals surface area contributed by atoms with Crippen molar-refractivity contribution in [3.05, 3.63) is 52.5 Å². The number of aromatic amines is 1. The van der Waals surface area contributed by atoms with Gasteiger partial charge < -0.3 is 15.4 Å². The van der Waals surface area contributed by atoms with E-state index >= 15 is 0 Å². The van der Waals surface area contributed by atoms with E-state index in [0.29, 0.717) is 23.0 Å². The molecule has 1 aliphatic rings. The Kier molecular flexibility index (Phi) is 5.31. The van der Waals surface area contributed by atoms with Crippen LogP contribution >= 0.6 is 23.1 Å². The van der Waals surface area contributed by atoms with E-state index in [2.05, 4.69) is 15.2 Å². The van der Waals surface area contributed by atoms with E-state index in [9.17, 15) is 9.59 Å². The van der Waals surface area contributed by atoms with Crippen molar-refractivity contribution in [1.82, 2.24) is 15.2 Å². The number of ether oxygens (including phenoxy) is 1. The highest BCUT2D eigenvalue weighted by atomic mass is 32.2. The summed E-state index contributed by atoms with van der Waals surface area (Å²) >= 11 is 2.90. The van der Waals surface area contributed by atoms with Crippen LogP contribution in [0.3, 0.4) is 0 Å². The molecule has 1 aromatic carbocycles. The molecule has 144 valence electrons. The van der Waals surface area contributed by atoms with Crippen molar-refractivity contribution in [3.63, 3.8) is 0 Å². The lowest BCUT2D eigenvalue weighted by atomic mass is 10.2. The van der Waals surface area contributed by atoms with Gasteiger partial charge in [-0.25, -0.2) is 4.98 Å². The minimum Gasteiger partial charge on any atom is -0.477 e. The second kappa shape index (κ2) is 8.03. The molecule has 8 nitrogen and oxygen atoms in total. The Morgan fingerprint density at radius 2 is 2.18 bits per heavy atom. The normalized spacial score (nSPS) is 15.7. The minimum atomic E-state index is -0.871. The third-order valence-electron chi connectivity index (χ3n) is 4.15. The highest BCUT2D eigenvalue weighted by Gasteiger charge is 2.32. The number of anilines is 1. The number of hydrogen-bond donors (Lipinski definition) is 2.